The normalized spacial score (nSPS) is 16.0. The zero-order valence-corrected chi connectivity index (χ0v) is 11.5. The quantitative estimate of drug-likeness (QED) is 0.801. The second-order valence-corrected chi connectivity index (χ2v) is 5.97. The van der Waals surface area contributed by atoms with Gasteiger partial charge < -0.3 is 0 Å². The molecule has 5 heteroatoms. The standard InChI is InChI=1S/C14H14N4S/c1-10(9-15)19-14-16-13(11-7-8-11)18(17-14)12-5-3-2-4-6-12/h2-6,10-11H,7-8H2,1H3/t10-/m1/s1. The molecule has 0 bridgehead atoms. The van der Waals surface area contributed by atoms with Crippen LogP contribution in [0.2, 0.25) is 0 Å². The predicted octanol–water partition coefficient (Wildman–Crippen LogP) is 3.15. The van der Waals surface area contributed by atoms with Crippen molar-refractivity contribution >= 4 is 11.8 Å². The minimum Gasteiger partial charge on any atom is -0.216 e. The van der Waals surface area contributed by atoms with E-state index in [2.05, 4.69) is 16.2 Å². The Kier molecular flexibility index (Phi) is 3.26. The molecular weight excluding hydrogens is 256 g/mol. The number of benzene rings is 1. The van der Waals surface area contributed by atoms with E-state index in [1.54, 1.807) is 0 Å². The van der Waals surface area contributed by atoms with Crippen LogP contribution in [-0.2, 0) is 0 Å². The smallest absolute Gasteiger partial charge is 0.210 e. The van der Waals surface area contributed by atoms with Gasteiger partial charge in [0.05, 0.1) is 17.0 Å². The molecule has 2 aromatic rings. The van der Waals surface area contributed by atoms with Crippen molar-refractivity contribution in [3.63, 3.8) is 0 Å². The van der Waals surface area contributed by atoms with E-state index in [9.17, 15) is 0 Å². The Hall–Kier alpha value is -1.80. The lowest BCUT2D eigenvalue weighted by molar-refractivity contribution is 0.782. The number of nitrogens with zero attached hydrogens (tertiary/aromatic N) is 4. The second kappa shape index (κ2) is 5.06. The van der Waals surface area contributed by atoms with Gasteiger partial charge in [0.15, 0.2) is 0 Å². The Morgan fingerprint density at radius 3 is 2.74 bits per heavy atom. The molecular formula is C14H14N4S. The first-order valence-corrected chi connectivity index (χ1v) is 7.24. The zero-order valence-electron chi connectivity index (χ0n) is 10.7. The summed E-state index contributed by atoms with van der Waals surface area (Å²) in [6.45, 7) is 1.87. The molecule has 0 spiro atoms. The molecule has 0 amide bonds. The summed E-state index contributed by atoms with van der Waals surface area (Å²) in [6.07, 6.45) is 2.37. The molecule has 4 nitrogen and oxygen atoms in total. The Morgan fingerprint density at radius 1 is 1.37 bits per heavy atom. The lowest BCUT2D eigenvalue weighted by atomic mass is 10.3. The summed E-state index contributed by atoms with van der Waals surface area (Å²) in [5.41, 5.74) is 1.04. The van der Waals surface area contributed by atoms with E-state index >= 15 is 0 Å². The summed E-state index contributed by atoms with van der Waals surface area (Å²) in [5.74, 6) is 1.55. The van der Waals surface area contributed by atoms with Crippen molar-refractivity contribution in [2.75, 3.05) is 0 Å². The van der Waals surface area contributed by atoms with Crippen LogP contribution >= 0.6 is 11.8 Å². The molecule has 1 atom stereocenters. The molecule has 1 aliphatic carbocycles. The van der Waals surface area contributed by atoms with E-state index in [0.717, 1.165) is 11.5 Å². The Balaban J connectivity index is 1.96. The molecule has 3 rings (SSSR count). The summed E-state index contributed by atoms with van der Waals surface area (Å²) >= 11 is 1.41. The van der Waals surface area contributed by atoms with E-state index < -0.39 is 0 Å². The van der Waals surface area contributed by atoms with Crippen LogP contribution in [0.5, 0.6) is 0 Å². The highest BCUT2D eigenvalue weighted by molar-refractivity contribution is 7.99. The molecule has 0 radical (unpaired) electrons. The minimum atomic E-state index is -0.126. The van der Waals surface area contributed by atoms with Gasteiger partial charge in [-0.3, -0.25) is 0 Å². The topological polar surface area (TPSA) is 54.5 Å². The number of thioether (sulfide) groups is 1. The molecule has 0 aliphatic heterocycles. The van der Waals surface area contributed by atoms with Gasteiger partial charge in [-0.25, -0.2) is 9.67 Å². The van der Waals surface area contributed by atoms with Gasteiger partial charge >= 0.3 is 0 Å². The number of hydrogen-bond donors (Lipinski definition) is 0. The van der Waals surface area contributed by atoms with Crippen molar-refractivity contribution < 1.29 is 0 Å². The molecule has 1 aromatic heterocycles. The molecule has 0 saturated heterocycles. The van der Waals surface area contributed by atoms with Crippen molar-refractivity contribution in [3.8, 4) is 11.8 Å². The summed E-state index contributed by atoms with van der Waals surface area (Å²) in [6, 6.07) is 12.2. The first-order valence-electron chi connectivity index (χ1n) is 6.36. The SMILES string of the molecule is C[C@H](C#N)Sc1nc(C2CC2)n(-c2ccccc2)n1. The predicted molar refractivity (Wildman–Crippen MR) is 74.3 cm³/mol. The van der Waals surface area contributed by atoms with Crippen molar-refractivity contribution in [2.24, 2.45) is 0 Å². The van der Waals surface area contributed by atoms with Crippen molar-refractivity contribution in [3.05, 3.63) is 36.2 Å². The number of rotatable bonds is 4. The Morgan fingerprint density at radius 2 is 2.11 bits per heavy atom. The van der Waals surface area contributed by atoms with E-state index in [-0.39, 0.29) is 5.25 Å². The van der Waals surface area contributed by atoms with Crippen LogP contribution < -0.4 is 0 Å². The van der Waals surface area contributed by atoms with Crippen molar-refractivity contribution in [1.29, 1.82) is 5.26 Å². The molecule has 1 heterocycles. The van der Waals surface area contributed by atoms with Gasteiger partial charge in [-0.1, -0.05) is 30.0 Å². The fourth-order valence-electron chi connectivity index (χ4n) is 1.90. The maximum Gasteiger partial charge on any atom is 0.210 e. The van der Waals surface area contributed by atoms with Crippen molar-refractivity contribution in [1.82, 2.24) is 14.8 Å². The fourth-order valence-corrected chi connectivity index (χ4v) is 2.55. The molecule has 1 aromatic carbocycles. The summed E-state index contributed by atoms with van der Waals surface area (Å²) in [7, 11) is 0. The molecule has 96 valence electrons. The highest BCUT2D eigenvalue weighted by Crippen LogP contribution is 2.40. The number of nitriles is 1. The molecule has 0 N–H and O–H groups in total. The Labute approximate surface area is 116 Å². The van der Waals surface area contributed by atoms with E-state index in [1.807, 2.05) is 41.9 Å². The first-order chi connectivity index (χ1) is 9.28. The van der Waals surface area contributed by atoms with Crippen molar-refractivity contribution in [2.45, 2.75) is 36.1 Å². The Bertz CT molecular complexity index is 610. The van der Waals surface area contributed by atoms with E-state index in [1.165, 1.54) is 24.6 Å². The highest BCUT2D eigenvalue weighted by Gasteiger charge is 2.30. The lowest BCUT2D eigenvalue weighted by Gasteiger charge is -2.03. The zero-order chi connectivity index (χ0) is 13.2. The van der Waals surface area contributed by atoms with E-state index in [0.29, 0.717) is 11.1 Å². The average molecular weight is 270 g/mol. The van der Waals surface area contributed by atoms with Crippen LogP contribution in [0.15, 0.2) is 35.5 Å². The van der Waals surface area contributed by atoms with Gasteiger partial charge in [0.2, 0.25) is 5.16 Å². The molecule has 19 heavy (non-hydrogen) atoms. The van der Waals surface area contributed by atoms with Crippen LogP contribution in [-0.4, -0.2) is 20.0 Å². The van der Waals surface area contributed by atoms with Crippen LogP contribution in [0.4, 0.5) is 0 Å². The molecule has 1 aliphatic rings. The first kappa shape index (κ1) is 12.2. The van der Waals surface area contributed by atoms with Crippen LogP contribution in [0.25, 0.3) is 5.69 Å². The maximum absolute atomic E-state index is 8.88. The van der Waals surface area contributed by atoms with Gasteiger partial charge in [-0.2, -0.15) is 5.26 Å². The van der Waals surface area contributed by atoms with Gasteiger partial charge in [-0.05, 0) is 31.9 Å². The third-order valence-electron chi connectivity index (χ3n) is 3.02. The lowest BCUT2D eigenvalue weighted by Crippen LogP contribution is -2.01. The van der Waals surface area contributed by atoms with Crippen LogP contribution in [0.1, 0.15) is 31.5 Å². The van der Waals surface area contributed by atoms with Crippen LogP contribution in [0, 0.1) is 11.3 Å². The van der Waals surface area contributed by atoms with Gasteiger partial charge in [0.25, 0.3) is 0 Å². The third kappa shape index (κ3) is 2.64. The van der Waals surface area contributed by atoms with Gasteiger partial charge in [-0.15, -0.1) is 5.10 Å². The number of para-hydroxylation sites is 1. The molecule has 1 saturated carbocycles. The summed E-state index contributed by atoms with van der Waals surface area (Å²) < 4.78 is 1.92. The van der Waals surface area contributed by atoms with E-state index in [4.69, 9.17) is 5.26 Å². The number of hydrogen-bond acceptors (Lipinski definition) is 4. The summed E-state index contributed by atoms with van der Waals surface area (Å²) in [4.78, 5) is 4.60. The maximum atomic E-state index is 8.88. The molecule has 0 unspecified atom stereocenters. The molecule has 1 fully saturated rings. The minimum absolute atomic E-state index is 0.126. The third-order valence-corrected chi connectivity index (χ3v) is 3.86. The van der Waals surface area contributed by atoms with Crippen LogP contribution in [0.3, 0.4) is 0 Å². The second-order valence-electron chi connectivity index (χ2n) is 4.66. The highest BCUT2D eigenvalue weighted by atomic mass is 32.2. The average Bonchev–Trinajstić information content (AvgIpc) is 3.21. The number of aromatic nitrogens is 3. The fraction of sp³-hybridized carbons (Fsp3) is 0.357. The van der Waals surface area contributed by atoms with Gasteiger partial charge in [0, 0.05) is 5.92 Å². The largest absolute Gasteiger partial charge is 0.216 e. The monoisotopic (exact) mass is 270 g/mol. The van der Waals surface area contributed by atoms with Gasteiger partial charge in [0.1, 0.15) is 5.82 Å². The summed E-state index contributed by atoms with van der Waals surface area (Å²) in [5, 5.41) is 14.0.